The minimum Gasteiger partial charge on any atom is -0.461 e. The van der Waals surface area contributed by atoms with E-state index in [1.54, 1.807) is 23.0 Å². The Kier molecular flexibility index (Phi) is 6.09. The molecule has 0 bridgehead atoms. The van der Waals surface area contributed by atoms with Crippen LogP contribution >= 0.6 is 11.8 Å². The topological polar surface area (TPSA) is 86.9 Å². The Morgan fingerprint density at radius 3 is 2.79 bits per heavy atom. The molecular formula is C21H22N4O3S. The molecule has 0 spiro atoms. The van der Waals surface area contributed by atoms with E-state index in [9.17, 15) is 4.79 Å². The molecule has 0 unspecified atom stereocenters. The molecule has 4 rings (SSSR count). The molecule has 29 heavy (non-hydrogen) atoms. The van der Waals surface area contributed by atoms with Crippen LogP contribution in [0.3, 0.4) is 0 Å². The van der Waals surface area contributed by atoms with Gasteiger partial charge in [0, 0.05) is 6.54 Å². The van der Waals surface area contributed by atoms with Gasteiger partial charge < -0.3 is 8.94 Å². The lowest BCUT2D eigenvalue weighted by molar-refractivity contribution is 0.390. The van der Waals surface area contributed by atoms with Gasteiger partial charge in [-0.05, 0) is 30.7 Å². The van der Waals surface area contributed by atoms with E-state index in [1.807, 2.05) is 24.3 Å². The van der Waals surface area contributed by atoms with E-state index >= 15 is 0 Å². The van der Waals surface area contributed by atoms with Crippen LogP contribution in [0.15, 0.2) is 61.6 Å². The number of furan rings is 1. The van der Waals surface area contributed by atoms with Crippen LogP contribution in [0.4, 0.5) is 0 Å². The van der Waals surface area contributed by atoms with E-state index in [0.717, 1.165) is 25.7 Å². The van der Waals surface area contributed by atoms with Crippen molar-refractivity contribution in [3.05, 3.63) is 58.9 Å². The number of hydrogen-bond donors (Lipinski definition) is 0. The smallest absolute Gasteiger partial charge is 0.262 e. The summed E-state index contributed by atoms with van der Waals surface area (Å²) in [5, 5.41) is 5.26. The first-order valence-electron chi connectivity index (χ1n) is 9.75. The molecule has 4 aromatic rings. The number of thioether (sulfide) groups is 1. The molecule has 0 fully saturated rings. The van der Waals surface area contributed by atoms with E-state index in [1.165, 1.54) is 11.8 Å². The molecule has 0 aliphatic carbocycles. The van der Waals surface area contributed by atoms with Gasteiger partial charge in [0.25, 0.3) is 5.56 Å². The van der Waals surface area contributed by atoms with Crippen molar-refractivity contribution in [1.29, 1.82) is 0 Å². The first-order chi connectivity index (χ1) is 14.3. The van der Waals surface area contributed by atoms with Gasteiger partial charge in [0.2, 0.25) is 11.7 Å². The molecule has 0 aliphatic heterocycles. The predicted octanol–water partition coefficient (Wildman–Crippen LogP) is 4.91. The van der Waals surface area contributed by atoms with E-state index < -0.39 is 0 Å². The fraction of sp³-hybridized carbons (Fsp3) is 0.333. The van der Waals surface area contributed by atoms with Crippen LogP contribution in [0, 0.1) is 0 Å². The number of hydrogen-bond acceptors (Lipinski definition) is 7. The Morgan fingerprint density at radius 1 is 1.07 bits per heavy atom. The van der Waals surface area contributed by atoms with Crippen molar-refractivity contribution in [3.63, 3.8) is 0 Å². The van der Waals surface area contributed by atoms with E-state index in [-0.39, 0.29) is 5.56 Å². The molecular weight excluding hydrogens is 388 g/mol. The number of unbranched alkanes of at least 4 members (excludes halogenated alkanes) is 3. The molecule has 0 atom stereocenters. The summed E-state index contributed by atoms with van der Waals surface area (Å²) < 4.78 is 12.4. The van der Waals surface area contributed by atoms with E-state index in [2.05, 4.69) is 17.1 Å². The van der Waals surface area contributed by atoms with Gasteiger partial charge in [0.15, 0.2) is 10.9 Å². The lowest BCUT2D eigenvalue weighted by atomic mass is 10.2. The molecule has 0 radical (unpaired) electrons. The van der Waals surface area contributed by atoms with Crippen molar-refractivity contribution in [1.82, 2.24) is 19.7 Å². The minimum absolute atomic E-state index is 0.00333. The first-order valence-corrected chi connectivity index (χ1v) is 10.7. The largest absolute Gasteiger partial charge is 0.461 e. The maximum Gasteiger partial charge on any atom is 0.262 e. The number of benzene rings is 1. The highest BCUT2D eigenvalue weighted by molar-refractivity contribution is 7.98. The average Bonchev–Trinajstić information content (AvgIpc) is 3.43. The second kappa shape index (κ2) is 9.09. The van der Waals surface area contributed by atoms with Gasteiger partial charge in [-0.2, -0.15) is 4.98 Å². The van der Waals surface area contributed by atoms with Crippen LogP contribution in [-0.2, 0) is 12.3 Å². The lowest BCUT2D eigenvalue weighted by Crippen LogP contribution is -2.23. The molecule has 3 heterocycles. The van der Waals surface area contributed by atoms with E-state index in [0.29, 0.717) is 45.8 Å². The molecule has 0 amide bonds. The van der Waals surface area contributed by atoms with Crippen LogP contribution in [0.2, 0.25) is 0 Å². The second-order valence-electron chi connectivity index (χ2n) is 6.71. The van der Waals surface area contributed by atoms with Crippen molar-refractivity contribution in [3.8, 4) is 11.6 Å². The number of rotatable bonds is 9. The number of nitrogens with zero attached hydrogens (tertiary/aromatic N) is 4. The molecule has 0 saturated carbocycles. The lowest BCUT2D eigenvalue weighted by Gasteiger charge is -2.12. The standard InChI is InChI=1S/C21H22N4O3S/c1-2-3-4-7-12-25-20(26)15-9-5-6-10-16(15)22-21(25)29-14-18-23-19(24-28-18)17-11-8-13-27-17/h5-6,8-11,13H,2-4,7,12,14H2,1H3. The molecule has 1 aromatic carbocycles. The summed E-state index contributed by atoms with van der Waals surface area (Å²) in [6.07, 6.45) is 5.92. The number of fused-ring (bicyclic) bond motifs is 1. The van der Waals surface area contributed by atoms with Crippen molar-refractivity contribution in [2.75, 3.05) is 0 Å². The summed E-state index contributed by atoms with van der Waals surface area (Å²) in [6, 6.07) is 11.0. The van der Waals surface area contributed by atoms with Crippen molar-refractivity contribution in [2.45, 2.75) is 50.1 Å². The molecule has 3 aromatic heterocycles. The Balaban J connectivity index is 1.57. The normalized spacial score (nSPS) is 11.3. The molecule has 7 nitrogen and oxygen atoms in total. The van der Waals surface area contributed by atoms with Gasteiger partial charge >= 0.3 is 0 Å². The van der Waals surface area contributed by atoms with Crippen LogP contribution in [0.25, 0.3) is 22.5 Å². The maximum atomic E-state index is 13.0. The van der Waals surface area contributed by atoms with Crippen LogP contribution in [0.5, 0.6) is 0 Å². The van der Waals surface area contributed by atoms with Crippen molar-refractivity contribution >= 4 is 22.7 Å². The molecule has 0 saturated heterocycles. The summed E-state index contributed by atoms with van der Waals surface area (Å²) in [5.41, 5.74) is 0.697. The fourth-order valence-electron chi connectivity index (χ4n) is 3.10. The highest BCUT2D eigenvalue weighted by Crippen LogP contribution is 2.24. The quantitative estimate of drug-likeness (QED) is 0.220. The summed E-state index contributed by atoms with van der Waals surface area (Å²) >= 11 is 1.43. The third-order valence-electron chi connectivity index (χ3n) is 4.60. The molecule has 0 aliphatic rings. The summed E-state index contributed by atoms with van der Waals surface area (Å²) in [6.45, 7) is 2.83. The van der Waals surface area contributed by atoms with Gasteiger partial charge in [0.05, 0.1) is 22.9 Å². The zero-order valence-corrected chi connectivity index (χ0v) is 17.0. The van der Waals surface area contributed by atoms with Crippen LogP contribution in [-0.4, -0.2) is 19.7 Å². The third kappa shape index (κ3) is 4.42. The average molecular weight is 410 g/mol. The highest BCUT2D eigenvalue weighted by Gasteiger charge is 2.15. The summed E-state index contributed by atoms with van der Waals surface area (Å²) in [7, 11) is 0. The van der Waals surface area contributed by atoms with E-state index in [4.69, 9.17) is 13.9 Å². The van der Waals surface area contributed by atoms with Crippen molar-refractivity contribution < 1.29 is 8.94 Å². The Bertz CT molecular complexity index is 1130. The fourth-order valence-corrected chi connectivity index (χ4v) is 3.96. The first kappa shape index (κ1) is 19.4. The van der Waals surface area contributed by atoms with Crippen molar-refractivity contribution in [2.24, 2.45) is 0 Å². The Labute approximate surface area is 172 Å². The second-order valence-corrected chi connectivity index (χ2v) is 7.65. The molecule has 8 heteroatoms. The Hall–Kier alpha value is -2.87. The maximum absolute atomic E-state index is 13.0. The van der Waals surface area contributed by atoms with Gasteiger partial charge in [0.1, 0.15) is 0 Å². The minimum atomic E-state index is -0.00333. The summed E-state index contributed by atoms with van der Waals surface area (Å²) in [4.78, 5) is 22.1. The number of para-hydroxylation sites is 1. The zero-order valence-electron chi connectivity index (χ0n) is 16.2. The van der Waals surface area contributed by atoms with Gasteiger partial charge in [-0.3, -0.25) is 9.36 Å². The van der Waals surface area contributed by atoms with Crippen LogP contribution in [0.1, 0.15) is 38.5 Å². The molecule has 0 N–H and O–H groups in total. The summed E-state index contributed by atoms with van der Waals surface area (Å²) in [5.74, 6) is 1.85. The molecule has 150 valence electrons. The monoisotopic (exact) mass is 410 g/mol. The highest BCUT2D eigenvalue weighted by atomic mass is 32.2. The number of aromatic nitrogens is 4. The van der Waals surface area contributed by atoms with Crippen LogP contribution < -0.4 is 5.56 Å². The predicted molar refractivity (Wildman–Crippen MR) is 112 cm³/mol. The zero-order chi connectivity index (χ0) is 20.1. The van der Waals surface area contributed by atoms with Gasteiger partial charge in [-0.25, -0.2) is 4.98 Å². The van der Waals surface area contributed by atoms with Gasteiger partial charge in [-0.1, -0.05) is 55.2 Å². The third-order valence-corrected chi connectivity index (χ3v) is 5.56. The SMILES string of the molecule is CCCCCCn1c(SCc2nc(-c3ccco3)no2)nc2ccccc2c1=O. The van der Waals surface area contributed by atoms with Gasteiger partial charge in [-0.15, -0.1) is 0 Å². The Morgan fingerprint density at radius 2 is 1.97 bits per heavy atom.